The molecule has 0 aromatic carbocycles. The topological polar surface area (TPSA) is 17.1 Å². The lowest BCUT2D eigenvalue weighted by molar-refractivity contribution is -0.115. The molecule has 0 unspecified atom stereocenters. The van der Waals surface area contributed by atoms with Gasteiger partial charge in [0, 0.05) is 6.42 Å². The molecule has 0 heterocycles. The molecular weight excluding hydrogens is 196 g/mol. The van der Waals surface area contributed by atoms with Crippen LogP contribution in [0, 0.1) is 0 Å². The van der Waals surface area contributed by atoms with Crippen molar-refractivity contribution in [3.63, 3.8) is 0 Å². The fourth-order valence-corrected chi connectivity index (χ4v) is 2.50. The van der Waals surface area contributed by atoms with Gasteiger partial charge in [-0.3, -0.25) is 4.79 Å². The van der Waals surface area contributed by atoms with E-state index in [-0.39, 0.29) is 0 Å². The minimum absolute atomic E-state index is 0.447. The van der Waals surface area contributed by atoms with Gasteiger partial charge in [-0.25, -0.2) is 0 Å². The summed E-state index contributed by atoms with van der Waals surface area (Å²) < 4.78 is 0. The minimum atomic E-state index is 0.447. The van der Waals surface area contributed by atoms with E-state index in [4.69, 9.17) is 0 Å². The van der Waals surface area contributed by atoms with Crippen molar-refractivity contribution in [3.8, 4) is 0 Å². The third kappa shape index (κ3) is 4.11. The van der Waals surface area contributed by atoms with E-state index in [1.165, 1.54) is 56.1 Å². The van der Waals surface area contributed by atoms with Gasteiger partial charge >= 0.3 is 0 Å². The van der Waals surface area contributed by atoms with Crippen molar-refractivity contribution < 1.29 is 4.79 Å². The Morgan fingerprint density at radius 1 is 0.875 bits per heavy atom. The number of hydrogen-bond donors (Lipinski definition) is 0. The highest BCUT2D eigenvalue weighted by atomic mass is 16.1. The first-order valence-electron chi connectivity index (χ1n) is 7.03. The molecule has 1 nitrogen and oxygen atoms in total. The second kappa shape index (κ2) is 7.65. The van der Waals surface area contributed by atoms with Crippen molar-refractivity contribution in [3.05, 3.63) is 11.1 Å². The zero-order valence-electron chi connectivity index (χ0n) is 11.0. The van der Waals surface area contributed by atoms with Crippen LogP contribution in [0.25, 0.3) is 0 Å². The number of ketones is 1. The standard InChI is InChI=1S/C15H26O/c1-3-5-7-9-13-11-12-15(16)14(13)10-8-6-4-2/h3-12H2,1-2H3. The molecule has 92 valence electrons. The SMILES string of the molecule is CCCCCC1=C(CCCCC)C(=O)CC1. The summed E-state index contributed by atoms with van der Waals surface area (Å²) in [5.41, 5.74) is 2.71. The van der Waals surface area contributed by atoms with Crippen molar-refractivity contribution in [2.75, 3.05) is 0 Å². The van der Waals surface area contributed by atoms with Gasteiger partial charge in [0.1, 0.15) is 0 Å². The normalized spacial score (nSPS) is 16.2. The Hall–Kier alpha value is -0.590. The summed E-state index contributed by atoms with van der Waals surface area (Å²) in [5, 5.41) is 0. The highest BCUT2D eigenvalue weighted by molar-refractivity contribution is 5.98. The Morgan fingerprint density at radius 2 is 1.50 bits per heavy atom. The number of carbonyl (C=O) groups excluding carboxylic acids is 1. The first kappa shape index (κ1) is 13.5. The quantitative estimate of drug-likeness (QED) is 0.539. The Kier molecular flexibility index (Phi) is 6.44. The van der Waals surface area contributed by atoms with Gasteiger partial charge in [0.05, 0.1) is 0 Å². The van der Waals surface area contributed by atoms with Gasteiger partial charge in [-0.05, 0) is 37.7 Å². The maximum Gasteiger partial charge on any atom is 0.159 e. The molecule has 1 heteroatoms. The van der Waals surface area contributed by atoms with Crippen LogP contribution in [0.2, 0.25) is 0 Å². The van der Waals surface area contributed by atoms with E-state index in [1.54, 1.807) is 0 Å². The highest BCUT2D eigenvalue weighted by Gasteiger charge is 2.21. The van der Waals surface area contributed by atoms with E-state index in [0.717, 1.165) is 19.3 Å². The van der Waals surface area contributed by atoms with Gasteiger partial charge in [0.2, 0.25) is 0 Å². The Morgan fingerprint density at radius 3 is 2.12 bits per heavy atom. The smallest absolute Gasteiger partial charge is 0.159 e. The number of unbranched alkanes of at least 4 members (excludes halogenated alkanes) is 4. The summed E-state index contributed by atoms with van der Waals surface area (Å²) in [4.78, 5) is 11.8. The average Bonchev–Trinajstić information content (AvgIpc) is 2.62. The molecule has 16 heavy (non-hydrogen) atoms. The lowest BCUT2D eigenvalue weighted by Gasteiger charge is -2.06. The van der Waals surface area contributed by atoms with Gasteiger partial charge in [-0.15, -0.1) is 0 Å². The van der Waals surface area contributed by atoms with Crippen LogP contribution in [0.15, 0.2) is 11.1 Å². The van der Waals surface area contributed by atoms with Crippen LogP contribution in [-0.4, -0.2) is 5.78 Å². The molecule has 0 aliphatic heterocycles. The molecule has 0 saturated carbocycles. The van der Waals surface area contributed by atoms with Crippen LogP contribution in [0.5, 0.6) is 0 Å². The van der Waals surface area contributed by atoms with Crippen LogP contribution in [0.1, 0.15) is 78.1 Å². The molecule has 0 fully saturated rings. The third-order valence-corrected chi connectivity index (χ3v) is 3.53. The van der Waals surface area contributed by atoms with Crippen molar-refractivity contribution in [2.45, 2.75) is 78.1 Å². The number of rotatable bonds is 8. The van der Waals surface area contributed by atoms with Crippen LogP contribution in [-0.2, 0) is 4.79 Å². The van der Waals surface area contributed by atoms with Gasteiger partial charge in [-0.2, -0.15) is 0 Å². The number of carbonyl (C=O) groups is 1. The van der Waals surface area contributed by atoms with E-state index >= 15 is 0 Å². The summed E-state index contributed by atoms with van der Waals surface area (Å²) in [6, 6.07) is 0. The Bertz CT molecular complexity index is 250. The van der Waals surface area contributed by atoms with Gasteiger partial charge in [-0.1, -0.05) is 45.1 Å². The summed E-state index contributed by atoms with van der Waals surface area (Å²) in [5.74, 6) is 0.447. The fraction of sp³-hybridized carbons (Fsp3) is 0.800. The molecule has 0 N–H and O–H groups in total. The molecular formula is C15H26O. The maximum atomic E-state index is 11.8. The Balaban J connectivity index is 2.43. The molecule has 1 aliphatic rings. The summed E-state index contributed by atoms with van der Waals surface area (Å²) in [7, 11) is 0. The summed E-state index contributed by atoms with van der Waals surface area (Å²) in [6.45, 7) is 4.45. The van der Waals surface area contributed by atoms with Crippen LogP contribution in [0.3, 0.4) is 0 Å². The average molecular weight is 222 g/mol. The first-order valence-corrected chi connectivity index (χ1v) is 7.03. The minimum Gasteiger partial charge on any atom is -0.295 e. The van der Waals surface area contributed by atoms with Crippen molar-refractivity contribution in [2.24, 2.45) is 0 Å². The molecule has 0 radical (unpaired) electrons. The molecule has 0 aromatic heterocycles. The molecule has 0 spiro atoms. The van der Waals surface area contributed by atoms with E-state index < -0.39 is 0 Å². The molecule has 0 saturated heterocycles. The summed E-state index contributed by atoms with van der Waals surface area (Å²) >= 11 is 0. The third-order valence-electron chi connectivity index (χ3n) is 3.53. The van der Waals surface area contributed by atoms with E-state index in [1.807, 2.05) is 0 Å². The summed E-state index contributed by atoms with van der Waals surface area (Å²) in [6.07, 6.45) is 11.6. The van der Waals surface area contributed by atoms with E-state index in [9.17, 15) is 4.79 Å². The van der Waals surface area contributed by atoms with Gasteiger partial charge in [0.15, 0.2) is 5.78 Å². The Labute approximate surface area is 100 Å². The zero-order chi connectivity index (χ0) is 11.8. The molecule has 0 amide bonds. The lowest BCUT2D eigenvalue weighted by Crippen LogP contribution is -1.97. The molecule has 1 aliphatic carbocycles. The van der Waals surface area contributed by atoms with Gasteiger partial charge in [0.25, 0.3) is 0 Å². The zero-order valence-corrected chi connectivity index (χ0v) is 11.0. The van der Waals surface area contributed by atoms with E-state index in [2.05, 4.69) is 13.8 Å². The highest BCUT2D eigenvalue weighted by Crippen LogP contribution is 2.30. The number of hydrogen-bond acceptors (Lipinski definition) is 1. The second-order valence-electron chi connectivity index (χ2n) is 4.92. The predicted octanol–water partition coefficient (Wildman–Crippen LogP) is 4.81. The van der Waals surface area contributed by atoms with Crippen LogP contribution < -0.4 is 0 Å². The van der Waals surface area contributed by atoms with Crippen molar-refractivity contribution in [1.29, 1.82) is 0 Å². The van der Waals surface area contributed by atoms with E-state index in [0.29, 0.717) is 5.78 Å². The first-order chi connectivity index (χ1) is 7.79. The van der Waals surface area contributed by atoms with Crippen molar-refractivity contribution in [1.82, 2.24) is 0 Å². The van der Waals surface area contributed by atoms with Crippen LogP contribution in [0.4, 0.5) is 0 Å². The second-order valence-corrected chi connectivity index (χ2v) is 4.92. The monoisotopic (exact) mass is 222 g/mol. The molecule has 1 rings (SSSR count). The largest absolute Gasteiger partial charge is 0.295 e. The molecule has 0 aromatic rings. The number of allylic oxidation sites excluding steroid dienone is 2. The van der Waals surface area contributed by atoms with Gasteiger partial charge < -0.3 is 0 Å². The maximum absolute atomic E-state index is 11.8. The van der Waals surface area contributed by atoms with Crippen molar-refractivity contribution >= 4 is 5.78 Å². The number of Topliss-reactive ketones (excluding diaryl/α,β-unsaturated/α-hetero) is 1. The molecule has 0 atom stereocenters. The predicted molar refractivity (Wildman–Crippen MR) is 69.6 cm³/mol. The lowest BCUT2D eigenvalue weighted by atomic mass is 9.99. The fourth-order valence-electron chi connectivity index (χ4n) is 2.50. The molecule has 0 bridgehead atoms. The van der Waals surface area contributed by atoms with Crippen LogP contribution >= 0.6 is 0 Å².